The number of hydrogen-bond acceptors (Lipinski definition) is 4. The Bertz CT molecular complexity index is 456. The molecule has 0 saturated heterocycles. The van der Waals surface area contributed by atoms with E-state index in [0.717, 1.165) is 25.7 Å². The number of esters is 1. The molecular formula is C14H18FNO3. The van der Waals surface area contributed by atoms with E-state index in [1.54, 1.807) is 0 Å². The highest BCUT2D eigenvalue weighted by Crippen LogP contribution is 2.24. The van der Waals surface area contributed by atoms with Gasteiger partial charge in [-0.2, -0.15) is 0 Å². The van der Waals surface area contributed by atoms with Gasteiger partial charge in [0, 0.05) is 6.04 Å². The van der Waals surface area contributed by atoms with E-state index in [4.69, 9.17) is 0 Å². The van der Waals surface area contributed by atoms with Crippen molar-refractivity contribution in [3.63, 3.8) is 0 Å². The maximum absolute atomic E-state index is 13.7. The molecule has 1 aromatic carbocycles. The number of ether oxygens (including phenoxy) is 1. The van der Waals surface area contributed by atoms with Gasteiger partial charge in [0.1, 0.15) is 5.82 Å². The lowest BCUT2D eigenvalue weighted by Gasteiger charge is -2.27. The molecule has 0 unspecified atom stereocenters. The smallest absolute Gasteiger partial charge is 0.337 e. The zero-order valence-electron chi connectivity index (χ0n) is 10.9. The fourth-order valence-electron chi connectivity index (χ4n) is 2.32. The molecule has 0 bridgehead atoms. The highest BCUT2D eigenvalue weighted by Gasteiger charge is 2.20. The van der Waals surface area contributed by atoms with Crippen molar-refractivity contribution < 1.29 is 19.0 Å². The SMILES string of the molecule is COC(=O)c1ccc(F)c(NC2CCC(O)CC2)c1. The summed E-state index contributed by atoms with van der Waals surface area (Å²) in [4.78, 5) is 11.4. The van der Waals surface area contributed by atoms with Gasteiger partial charge in [0.25, 0.3) is 0 Å². The van der Waals surface area contributed by atoms with Crippen LogP contribution in [0.1, 0.15) is 36.0 Å². The van der Waals surface area contributed by atoms with Crippen LogP contribution < -0.4 is 5.32 Å². The first-order valence-electron chi connectivity index (χ1n) is 6.42. The molecule has 0 aromatic heterocycles. The Morgan fingerprint density at radius 3 is 2.68 bits per heavy atom. The number of nitrogens with one attached hydrogen (secondary N) is 1. The Hall–Kier alpha value is -1.62. The summed E-state index contributed by atoms with van der Waals surface area (Å²) in [5, 5.41) is 12.5. The summed E-state index contributed by atoms with van der Waals surface area (Å²) in [6, 6.07) is 4.25. The van der Waals surface area contributed by atoms with E-state index in [2.05, 4.69) is 10.1 Å². The number of hydrogen-bond donors (Lipinski definition) is 2. The van der Waals surface area contributed by atoms with Gasteiger partial charge in [0.2, 0.25) is 0 Å². The van der Waals surface area contributed by atoms with Crippen LogP contribution in [0.25, 0.3) is 0 Å². The van der Waals surface area contributed by atoms with Crippen LogP contribution in [0.2, 0.25) is 0 Å². The molecule has 5 heteroatoms. The van der Waals surface area contributed by atoms with Gasteiger partial charge in [-0.1, -0.05) is 0 Å². The summed E-state index contributed by atoms with van der Waals surface area (Å²) in [6.07, 6.45) is 2.78. The Labute approximate surface area is 111 Å². The predicted octanol–water partition coefficient (Wildman–Crippen LogP) is 2.33. The second-order valence-corrected chi connectivity index (χ2v) is 4.84. The van der Waals surface area contributed by atoms with E-state index in [-0.39, 0.29) is 12.1 Å². The van der Waals surface area contributed by atoms with E-state index in [1.807, 2.05) is 0 Å². The second kappa shape index (κ2) is 6.02. The molecule has 2 rings (SSSR count). The molecule has 0 spiro atoms. The van der Waals surface area contributed by atoms with Crippen LogP contribution in [0.15, 0.2) is 18.2 Å². The lowest BCUT2D eigenvalue weighted by Crippen LogP contribution is -2.28. The number of aliphatic hydroxyl groups excluding tert-OH is 1. The van der Waals surface area contributed by atoms with Crippen LogP contribution in [0.4, 0.5) is 10.1 Å². The molecular weight excluding hydrogens is 249 g/mol. The summed E-state index contributed by atoms with van der Waals surface area (Å²) in [5.74, 6) is -0.874. The second-order valence-electron chi connectivity index (χ2n) is 4.84. The number of anilines is 1. The van der Waals surface area contributed by atoms with Crippen molar-refractivity contribution in [1.29, 1.82) is 0 Å². The fraction of sp³-hybridized carbons (Fsp3) is 0.500. The average molecular weight is 267 g/mol. The number of benzene rings is 1. The summed E-state index contributed by atoms with van der Waals surface area (Å²) in [7, 11) is 1.29. The molecule has 19 heavy (non-hydrogen) atoms. The minimum absolute atomic E-state index is 0.130. The van der Waals surface area contributed by atoms with Gasteiger partial charge in [0.05, 0.1) is 24.5 Å². The van der Waals surface area contributed by atoms with Crippen LogP contribution >= 0.6 is 0 Å². The quantitative estimate of drug-likeness (QED) is 0.825. The number of aliphatic hydroxyl groups is 1. The van der Waals surface area contributed by atoms with Crippen LogP contribution in [-0.4, -0.2) is 30.3 Å². The fourth-order valence-corrected chi connectivity index (χ4v) is 2.32. The molecule has 1 saturated carbocycles. The first kappa shape index (κ1) is 13.8. The molecule has 0 radical (unpaired) electrons. The first-order valence-corrected chi connectivity index (χ1v) is 6.42. The van der Waals surface area contributed by atoms with Gasteiger partial charge in [0.15, 0.2) is 0 Å². The zero-order valence-corrected chi connectivity index (χ0v) is 10.9. The Morgan fingerprint density at radius 1 is 1.37 bits per heavy atom. The molecule has 0 aliphatic heterocycles. The topological polar surface area (TPSA) is 58.6 Å². The summed E-state index contributed by atoms with van der Waals surface area (Å²) in [5.41, 5.74) is 0.631. The summed E-state index contributed by atoms with van der Waals surface area (Å²) in [6.45, 7) is 0. The van der Waals surface area contributed by atoms with Crippen LogP contribution in [-0.2, 0) is 4.74 Å². The summed E-state index contributed by atoms with van der Waals surface area (Å²) < 4.78 is 18.3. The molecule has 0 amide bonds. The highest BCUT2D eigenvalue weighted by atomic mass is 19.1. The first-order chi connectivity index (χ1) is 9.10. The summed E-state index contributed by atoms with van der Waals surface area (Å²) >= 11 is 0. The van der Waals surface area contributed by atoms with Crippen molar-refractivity contribution in [2.75, 3.05) is 12.4 Å². The molecule has 1 aliphatic carbocycles. The molecule has 0 heterocycles. The predicted molar refractivity (Wildman–Crippen MR) is 69.6 cm³/mol. The lowest BCUT2D eigenvalue weighted by molar-refractivity contribution is 0.0600. The van der Waals surface area contributed by atoms with Gasteiger partial charge in [-0.05, 0) is 43.9 Å². The third kappa shape index (κ3) is 3.44. The van der Waals surface area contributed by atoms with Gasteiger partial charge >= 0.3 is 5.97 Å². The van der Waals surface area contributed by atoms with Crippen molar-refractivity contribution in [3.8, 4) is 0 Å². The number of rotatable bonds is 3. The largest absolute Gasteiger partial charge is 0.465 e. The Kier molecular flexibility index (Phi) is 4.37. The number of methoxy groups -OCH3 is 1. The molecule has 2 N–H and O–H groups in total. The van der Waals surface area contributed by atoms with E-state index >= 15 is 0 Å². The standard InChI is InChI=1S/C14H18FNO3/c1-19-14(18)9-2-7-12(15)13(8-9)16-10-3-5-11(17)6-4-10/h2,7-8,10-11,16-17H,3-6H2,1H3. The third-order valence-electron chi connectivity index (χ3n) is 3.44. The van der Waals surface area contributed by atoms with Gasteiger partial charge in [-0.25, -0.2) is 9.18 Å². The molecule has 104 valence electrons. The zero-order chi connectivity index (χ0) is 13.8. The molecule has 1 aromatic rings. The van der Waals surface area contributed by atoms with Gasteiger partial charge < -0.3 is 15.2 Å². The number of carbonyl (C=O) groups excluding carboxylic acids is 1. The number of halogens is 1. The van der Waals surface area contributed by atoms with Crippen molar-refractivity contribution in [3.05, 3.63) is 29.6 Å². The minimum Gasteiger partial charge on any atom is -0.465 e. The van der Waals surface area contributed by atoms with Crippen molar-refractivity contribution in [2.24, 2.45) is 0 Å². The Balaban J connectivity index is 2.08. The van der Waals surface area contributed by atoms with Crippen LogP contribution in [0.3, 0.4) is 0 Å². The van der Waals surface area contributed by atoms with Gasteiger partial charge in [-0.15, -0.1) is 0 Å². The van der Waals surface area contributed by atoms with E-state index in [1.165, 1.54) is 25.3 Å². The normalized spacial score (nSPS) is 22.9. The van der Waals surface area contributed by atoms with Crippen molar-refractivity contribution >= 4 is 11.7 Å². The molecule has 1 aliphatic rings. The van der Waals surface area contributed by atoms with Crippen molar-refractivity contribution in [1.82, 2.24) is 0 Å². The monoisotopic (exact) mass is 267 g/mol. The Morgan fingerprint density at radius 2 is 2.05 bits per heavy atom. The van der Waals surface area contributed by atoms with Crippen LogP contribution in [0, 0.1) is 5.82 Å². The average Bonchev–Trinajstić information content (AvgIpc) is 2.43. The van der Waals surface area contributed by atoms with E-state index in [0.29, 0.717) is 11.3 Å². The van der Waals surface area contributed by atoms with Gasteiger partial charge in [-0.3, -0.25) is 0 Å². The maximum Gasteiger partial charge on any atom is 0.337 e. The van der Waals surface area contributed by atoms with E-state index in [9.17, 15) is 14.3 Å². The third-order valence-corrected chi connectivity index (χ3v) is 3.44. The number of carbonyl (C=O) groups is 1. The lowest BCUT2D eigenvalue weighted by atomic mass is 9.93. The molecule has 1 fully saturated rings. The molecule has 4 nitrogen and oxygen atoms in total. The van der Waals surface area contributed by atoms with E-state index < -0.39 is 11.8 Å². The van der Waals surface area contributed by atoms with Crippen molar-refractivity contribution in [2.45, 2.75) is 37.8 Å². The minimum atomic E-state index is -0.484. The highest BCUT2D eigenvalue weighted by molar-refractivity contribution is 5.90. The van der Waals surface area contributed by atoms with Crippen LogP contribution in [0.5, 0.6) is 0 Å². The maximum atomic E-state index is 13.7. The molecule has 0 atom stereocenters.